The zero-order valence-electron chi connectivity index (χ0n) is 16.4. The number of halogens is 1. The topological polar surface area (TPSA) is 80.1 Å². The minimum absolute atomic E-state index is 0.127. The molecule has 0 aliphatic carbocycles. The fourth-order valence-corrected chi connectivity index (χ4v) is 4.19. The van der Waals surface area contributed by atoms with Crippen LogP contribution in [-0.4, -0.2) is 41.4 Å². The minimum atomic E-state index is -2.66. The fourth-order valence-electron chi connectivity index (χ4n) is 3.88. The van der Waals surface area contributed by atoms with E-state index in [2.05, 4.69) is 19.9 Å². The van der Waals surface area contributed by atoms with Crippen molar-refractivity contribution in [3.63, 3.8) is 0 Å². The molecule has 1 fully saturated rings. The first-order chi connectivity index (χ1) is 14.6. The molecule has 1 aromatic heterocycles. The molecule has 1 aliphatic rings. The molecule has 4 rings (SSSR count). The van der Waals surface area contributed by atoms with Crippen LogP contribution < -0.4 is 4.72 Å². The first-order valence-corrected chi connectivity index (χ1v) is 11.1. The molecule has 1 saturated heterocycles. The number of rotatable bonds is 7. The van der Waals surface area contributed by atoms with Crippen LogP contribution in [0.25, 0.3) is 5.69 Å². The van der Waals surface area contributed by atoms with E-state index >= 15 is 0 Å². The van der Waals surface area contributed by atoms with Crippen LogP contribution in [-0.2, 0) is 24.0 Å². The summed E-state index contributed by atoms with van der Waals surface area (Å²) in [6, 6.07) is 14.7. The number of likely N-dealkylation sites (tertiary alicyclic amines) is 1. The quantitative estimate of drug-likeness (QED) is 0.564. The average molecular weight is 430 g/mol. The van der Waals surface area contributed by atoms with Crippen molar-refractivity contribution >= 4 is 10.9 Å². The van der Waals surface area contributed by atoms with Gasteiger partial charge in [0, 0.05) is 13.1 Å². The van der Waals surface area contributed by atoms with Crippen LogP contribution in [0.4, 0.5) is 4.39 Å². The second-order valence-electron chi connectivity index (χ2n) is 7.49. The maximum Gasteiger partial charge on any atom is 0.201 e. The normalized spacial score (nSPS) is 15.7. The van der Waals surface area contributed by atoms with Gasteiger partial charge in [0.25, 0.3) is 0 Å². The van der Waals surface area contributed by atoms with Crippen LogP contribution in [0.3, 0.4) is 0 Å². The number of aromatic nitrogens is 3. The molecule has 0 saturated carbocycles. The van der Waals surface area contributed by atoms with Crippen LogP contribution in [0.2, 0.25) is 0 Å². The van der Waals surface area contributed by atoms with Gasteiger partial charge >= 0.3 is 0 Å². The molecule has 2 aromatic carbocycles. The molecule has 9 heteroatoms. The summed E-state index contributed by atoms with van der Waals surface area (Å²) in [5.41, 5.74) is 3.32. The Morgan fingerprint density at radius 1 is 1.10 bits per heavy atom. The molecule has 0 amide bonds. The van der Waals surface area contributed by atoms with Crippen molar-refractivity contribution in [1.82, 2.24) is 24.6 Å². The highest BCUT2D eigenvalue weighted by Crippen LogP contribution is 2.31. The Morgan fingerprint density at radius 2 is 1.87 bits per heavy atom. The highest BCUT2D eigenvalue weighted by atomic mass is 32.2. The standard InChI is InChI=1S/C21H24FN5O2S/c22-21-7-6-16(13-23-30(28)29)12-20(21)17-8-10-26(11-9-17)14-18-15-27(25-24-18)19-4-2-1-3-5-19/h1-7,12,15,17,30H,8-11,13-14H2,(H,23,28,29). The van der Waals surface area contributed by atoms with Gasteiger partial charge < -0.3 is 0 Å². The first kappa shape index (κ1) is 20.6. The lowest BCUT2D eigenvalue weighted by Crippen LogP contribution is -2.32. The summed E-state index contributed by atoms with van der Waals surface area (Å²) in [5.74, 6) is -0.100. The molecule has 30 heavy (non-hydrogen) atoms. The minimum Gasteiger partial charge on any atom is -0.297 e. The third-order valence-corrected chi connectivity index (χ3v) is 5.86. The number of nitrogens with zero attached hydrogens (tertiary/aromatic N) is 4. The molecule has 0 unspecified atom stereocenters. The van der Waals surface area contributed by atoms with E-state index in [1.165, 1.54) is 6.07 Å². The van der Waals surface area contributed by atoms with Crippen LogP contribution in [0.1, 0.15) is 35.6 Å². The third kappa shape index (κ3) is 5.10. The average Bonchev–Trinajstić information content (AvgIpc) is 3.23. The second-order valence-corrected chi connectivity index (χ2v) is 8.32. The fraction of sp³-hybridized carbons (Fsp3) is 0.333. The molecule has 3 aromatic rings. The molecule has 2 heterocycles. The first-order valence-electron chi connectivity index (χ1n) is 9.94. The zero-order chi connectivity index (χ0) is 20.9. The van der Waals surface area contributed by atoms with E-state index < -0.39 is 10.9 Å². The van der Waals surface area contributed by atoms with Crippen LogP contribution in [0.5, 0.6) is 0 Å². The molecule has 7 nitrogen and oxygen atoms in total. The van der Waals surface area contributed by atoms with Crippen molar-refractivity contribution in [2.45, 2.75) is 31.8 Å². The number of hydrogen-bond donors (Lipinski definition) is 2. The van der Waals surface area contributed by atoms with Crippen molar-refractivity contribution < 1.29 is 12.8 Å². The monoisotopic (exact) mass is 429 g/mol. The van der Waals surface area contributed by atoms with E-state index in [1.54, 1.807) is 16.8 Å². The maximum absolute atomic E-state index is 14.4. The number of nitrogens with one attached hydrogen (secondary N) is 1. The Balaban J connectivity index is 1.35. The molecule has 1 N–H and O–H groups in total. The Kier molecular flexibility index (Phi) is 6.51. The molecular formula is C21H24FN5O2S. The van der Waals surface area contributed by atoms with Crippen LogP contribution >= 0.6 is 0 Å². The number of para-hydroxylation sites is 1. The largest absolute Gasteiger partial charge is 0.297 e. The Morgan fingerprint density at radius 3 is 2.60 bits per heavy atom. The van der Waals surface area contributed by atoms with Crippen molar-refractivity contribution in [1.29, 1.82) is 0 Å². The summed E-state index contributed by atoms with van der Waals surface area (Å²) in [6.07, 6.45) is 3.63. The third-order valence-electron chi connectivity index (χ3n) is 5.45. The van der Waals surface area contributed by atoms with Crippen molar-refractivity contribution in [3.05, 3.63) is 77.4 Å². The molecule has 158 valence electrons. The highest BCUT2D eigenvalue weighted by molar-refractivity contribution is 7.70. The number of hydrogen-bond acceptors (Lipinski definition) is 5. The van der Waals surface area contributed by atoms with E-state index in [0.717, 1.165) is 42.9 Å². The Hall–Kier alpha value is -2.62. The molecule has 0 bridgehead atoms. The zero-order valence-corrected chi connectivity index (χ0v) is 17.3. The lowest BCUT2D eigenvalue weighted by molar-refractivity contribution is 0.201. The Labute approximate surface area is 176 Å². The highest BCUT2D eigenvalue weighted by Gasteiger charge is 2.23. The summed E-state index contributed by atoms with van der Waals surface area (Å²) in [4.78, 5) is 2.31. The van der Waals surface area contributed by atoms with Crippen LogP contribution in [0, 0.1) is 5.82 Å². The van der Waals surface area contributed by atoms with Gasteiger partial charge in [0.2, 0.25) is 10.9 Å². The SMILES string of the molecule is O=[SH](=O)NCc1ccc(F)c(C2CCN(Cc3cn(-c4ccccc4)nn3)CC2)c1. The van der Waals surface area contributed by atoms with Gasteiger partial charge in [0.15, 0.2) is 0 Å². The molecule has 1 aliphatic heterocycles. The Bertz CT molecular complexity index is 1050. The van der Waals surface area contributed by atoms with Gasteiger partial charge in [-0.25, -0.2) is 22.2 Å². The lowest BCUT2D eigenvalue weighted by Gasteiger charge is -2.31. The number of piperidine rings is 1. The predicted octanol–water partition coefficient (Wildman–Crippen LogP) is 2.40. The lowest BCUT2D eigenvalue weighted by atomic mass is 9.88. The van der Waals surface area contributed by atoms with E-state index in [-0.39, 0.29) is 18.3 Å². The van der Waals surface area contributed by atoms with Gasteiger partial charge in [-0.15, -0.1) is 5.10 Å². The summed E-state index contributed by atoms with van der Waals surface area (Å²) >= 11 is 0. The van der Waals surface area contributed by atoms with E-state index in [1.807, 2.05) is 36.5 Å². The molecule has 0 radical (unpaired) electrons. The van der Waals surface area contributed by atoms with Gasteiger partial charge in [-0.2, -0.15) is 0 Å². The van der Waals surface area contributed by atoms with Gasteiger partial charge in [-0.3, -0.25) is 4.90 Å². The number of thiol groups is 1. The smallest absolute Gasteiger partial charge is 0.201 e. The van der Waals surface area contributed by atoms with Crippen molar-refractivity contribution in [2.75, 3.05) is 13.1 Å². The van der Waals surface area contributed by atoms with Crippen molar-refractivity contribution in [3.8, 4) is 5.69 Å². The van der Waals surface area contributed by atoms with Gasteiger partial charge in [-0.05, 0) is 61.2 Å². The van der Waals surface area contributed by atoms with Gasteiger partial charge in [-0.1, -0.05) is 35.5 Å². The van der Waals surface area contributed by atoms with E-state index in [4.69, 9.17) is 0 Å². The van der Waals surface area contributed by atoms with Gasteiger partial charge in [0.1, 0.15) is 5.82 Å². The maximum atomic E-state index is 14.4. The van der Waals surface area contributed by atoms with E-state index in [9.17, 15) is 12.8 Å². The van der Waals surface area contributed by atoms with Gasteiger partial charge in [0.05, 0.1) is 17.6 Å². The molecule has 0 atom stereocenters. The molecular weight excluding hydrogens is 405 g/mol. The summed E-state index contributed by atoms with van der Waals surface area (Å²) in [7, 11) is -2.66. The summed E-state index contributed by atoms with van der Waals surface area (Å²) < 4.78 is 40.0. The molecule has 0 spiro atoms. The summed E-state index contributed by atoms with van der Waals surface area (Å²) in [5, 5.41) is 8.49. The van der Waals surface area contributed by atoms with Crippen LogP contribution in [0.15, 0.2) is 54.7 Å². The second kappa shape index (κ2) is 9.46. The van der Waals surface area contributed by atoms with Crippen molar-refractivity contribution in [2.24, 2.45) is 0 Å². The predicted molar refractivity (Wildman–Crippen MR) is 112 cm³/mol. The van der Waals surface area contributed by atoms with E-state index in [0.29, 0.717) is 12.1 Å². The summed E-state index contributed by atoms with van der Waals surface area (Å²) in [6.45, 7) is 2.58. The number of benzene rings is 2.